The lowest BCUT2D eigenvalue weighted by Crippen LogP contribution is -2.10. The quantitative estimate of drug-likeness (QED) is 0.902. The third kappa shape index (κ3) is 2.85. The molecule has 1 aromatic carbocycles. The minimum Gasteiger partial charge on any atom is -0.330 e. The minimum absolute atomic E-state index is 0.592. The van der Waals surface area contributed by atoms with Gasteiger partial charge in [-0.15, -0.1) is 0 Å². The summed E-state index contributed by atoms with van der Waals surface area (Å²) in [6.07, 6.45) is 1.89. The van der Waals surface area contributed by atoms with Crippen LogP contribution in [0.25, 0.3) is 11.0 Å². The number of fused-ring (bicyclic) bond motifs is 1. The van der Waals surface area contributed by atoms with Crippen molar-refractivity contribution in [2.45, 2.75) is 33.2 Å². The molecule has 0 aliphatic carbocycles. The third-order valence-electron chi connectivity index (χ3n) is 2.94. The summed E-state index contributed by atoms with van der Waals surface area (Å²) in [7, 11) is 0. The smallest absolute Gasteiger partial charge is 0.109 e. The van der Waals surface area contributed by atoms with Crippen LogP contribution in [-0.4, -0.2) is 16.1 Å². The second-order valence-electron chi connectivity index (χ2n) is 5.06. The molecule has 0 radical (unpaired) electrons. The lowest BCUT2D eigenvalue weighted by molar-refractivity contribution is 0.514. The van der Waals surface area contributed by atoms with Crippen LogP contribution in [0.3, 0.4) is 0 Å². The van der Waals surface area contributed by atoms with Gasteiger partial charge in [0.15, 0.2) is 0 Å². The van der Waals surface area contributed by atoms with Gasteiger partial charge in [-0.1, -0.05) is 25.4 Å². The van der Waals surface area contributed by atoms with Crippen molar-refractivity contribution in [2.24, 2.45) is 11.7 Å². The predicted molar refractivity (Wildman–Crippen MR) is 77.0 cm³/mol. The van der Waals surface area contributed by atoms with Crippen molar-refractivity contribution in [1.29, 1.82) is 0 Å². The van der Waals surface area contributed by atoms with E-state index in [2.05, 4.69) is 29.5 Å². The van der Waals surface area contributed by atoms with Gasteiger partial charge in [0.1, 0.15) is 5.82 Å². The number of benzene rings is 1. The molecule has 0 saturated carbocycles. The van der Waals surface area contributed by atoms with Crippen LogP contribution in [0.15, 0.2) is 18.2 Å². The fraction of sp³-hybridized carbons (Fsp3) is 0.500. The van der Waals surface area contributed by atoms with Gasteiger partial charge in [-0.25, -0.2) is 4.98 Å². The molecule has 2 rings (SSSR count). The van der Waals surface area contributed by atoms with Crippen LogP contribution in [0.2, 0.25) is 5.02 Å². The van der Waals surface area contributed by atoms with E-state index in [1.807, 2.05) is 12.1 Å². The Morgan fingerprint density at radius 2 is 2.17 bits per heavy atom. The maximum atomic E-state index is 6.02. The average molecular weight is 266 g/mol. The number of rotatable bonds is 5. The first-order valence-corrected chi connectivity index (χ1v) is 6.84. The lowest BCUT2D eigenvalue weighted by atomic mass is 10.2. The van der Waals surface area contributed by atoms with Gasteiger partial charge < -0.3 is 10.3 Å². The van der Waals surface area contributed by atoms with Crippen LogP contribution in [-0.2, 0) is 13.0 Å². The molecule has 2 aromatic rings. The molecule has 4 heteroatoms. The molecule has 3 nitrogen and oxygen atoms in total. The fourth-order valence-electron chi connectivity index (χ4n) is 2.17. The zero-order valence-electron chi connectivity index (χ0n) is 11.0. The van der Waals surface area contributed by atoms with Gasteiger partial charge in [0.2, 0.25) is 0 Å². The van der Waals surface area contributed by atoms with Crippen molar-refractivity contribution < 1.29 is 0 Å². The largest absolute Gasteiger partial charge is 0.330 e. The van der Waals surface area contributed by atoms with Crippen molar-refractivity contribution in [3.63, 3.8) is 0 Å². The molecule has 0 aliphatic heterocycles. The van der Waals surface area contributed by atoms with E-state index in [-0.39, 0.29) is 0 Å². The average Bonchev–Trinajstić information content (AvgIpc) is 2.63. The topological polar surface area (TPSA) is 43.8 Å². The number of aromatic nitrogens is 2. The normalized spacial score (nSPS) is 11.6. The highest BCUT2D eigenvalue weighted by Gasteiger charge is 2.11. The van der Waals surface area contributed by atoms with E-state index in [1.54, 1.807) is 0 Å². The highest BCUT2D eigenvalue weighted by Crippen LogP contribution is 2.22. The van der Waals surface area contributed by atoms with E-state index in [9.17, 15) is 0 Å². The monoisotopic (exact) mass is 265 g/mol. The van der Waals surface area contributed by atoms with Gasteiger partial charge in [-0.2, -0.15) is 0 Å². The SMILES string of the molecule is CC(C)Cn1c(CCCN)nc2cc(Cl)ccc21. The Bertz CT molecular complexity index is 531. The van der Waals surface area contributed by atoms with E-state index in [0.29, 0.717) is 12.5 Å². The molecule has 1 heterocycles. The zero-order valence-corrected chi connectivity index (χ0v) is 11.7. The first-order valence-electron chi connectivity index (χ1n) is 6.46. The molecule has 2 N–H and O–H groups in total. The van der Waals surface area contributed by atoms with Gasteiger partial charge in [-0.05, 0) is 37.1 Å². The second kappa shape index (κ2) is 5.72. The van der Waals surface area contributed by atoms with E-state index >= 15 is 0 Å². The summed E-state index contributed by atoms with van der Waals surface area (Å²) in [5, 5.41) is 0.738. The maximum Gasteiger partial charge on any atom is 0.109 e. The highest BCUT2D eigenvalue weighted by atomic mass is 35.5. The number of halogens is 1. The first kappa shape index (κ1) is 13.4. The van der Waals surface area contributed by atoms with Gasteiger partial charge in [0, 0.05) is 18.0 Å². The van der Waals surface area contributed by atoms with E-state index in [1.165, 1.54) is 5.52 Å². The Morgan fingerprint density at radius 3 is 2.83 bits per heavy atom. The van der Waals surface area contributed by atoms with Crippen LogP contribution in [0.4, 0.5) is 0 Å². The summed E-state index contributed by atoms with van der Waals surface area (Å²) in [5.74, 6) is 1.71. The number of nitrogens with zero attached hydrogens (tertiary/aromatic N) is 2. The van der Waals surface area contributed by atoms with Crippen LogP contribution < -0.4 is 5.73 Å². The van der Waals surface area contributed by atoms with E-state index in [4.69, 9.17) is 17.3 Å². The molecule has 0 fully saturated rings. The molecule has 0 aliphatic rings. The second-order valence-corrected chi connectivity index (χ2v) is 5.49. The summed E-state index contributed by atoms with van der Waals surface area (Å²) in [6.45, 7) is 6.12. The molecular formula is C14H20ClN3. The van der Waals surface area contributed by atoms with Crippen molar-refractivity contribution >= 4 is 22.6 Å². The Labute approximate surface area is 113 Å². The Balaban J connectivity index is 2.45. The maximum absolute atomic E-state index is 6.02. The third-order valence-corrected chi connectivity index (χ3v) is 3.18. The summed E-state index contributed by atoms with van der Waals surface area (Å²) in [6, 6.07) is 5.91. The fourth-order valence-corrected chi connectivity index (χ4v) is 2.34. The van der Waals surface area contributed by atoms with Crippen LogP contribution >= 0.6 is 11.6 Å². The standard InChI is InChI=1S/C14H20ClN3/c1-10(2)9-18-13-6-5-11(15)8-12(13)17-14(18)4-3-7-16/h5-6,8,10H,3-4,7,9,16H2,1-2H3. The summed E-state index contributed by atoms with van der Waals surface area (Å²) in [4.78, 5) is 4.69. The lowest BCUT2D eigenvalue weighted by Gasteiger charge is -2.11. The van der Waals surface area contributed by atoms with Gasteiger partial charge in [0.05, 0.1) is 11.0 Å². The van der Waals surface area contributed by atoms with E-state index < -0.39 is 0 Å². The molecule has 0 unspecified atom stereocenters. The van der Waals surface area contributed by atoms with Gasteiger partial charge >= 0.3 is 0 Å². The summed E-state index contributed by atoms with van der Waals surface area (Å²) >= 11 is 6.02. The number of imidazole rings is 1. The highest BCUT2D eigenvalue weighted by molar-refractivity contribution is 6.31. The van der Waals surface area contributed by atoms with Crippen LogP contribution in [0.5, 0.6) is 0 Å². The number of hydrogen-bond donors (Lipinski definition) is 1. The number of nitrogens with two attached hydrogens (primary N) is 1. The molecule has 18 heavy (non-hydrogen) atoms. The molecule has 0 saturated heterocycles. The molecule has 0 bridgehead atoms. The minimum atomic E-state index is 0.592. The molecule has 98 valence electrons. The van der Waals surface area contributed by atoms with Gasteiger partial charge in [0.25, 0.3) is 0 Å². The van der Waals surface area contributed by atoms with Crippen LogP contribution in [0.1, 0.15) is 26.1 Å². The van der Waals surface area contributed by atoms with Crippen molar-refractivity contribution in [1.82, 2.24) is 9.55 Å². The Kier molecular flexibility index (Phi) is 4.25. The first-order chi connectivity index (χ1) is 8.61. The molecule has 1 aromatic heterocycles. The van der Waals surface area contributed by atoms with Gasteiger partial charge in [-0.3, -0.25) is 0 Å². The predicted octanol–water partition coefficient (Wildman–Crippen LogP) is 3.24. The Morgan fingerprint density at radius 1 is 1.39 bits per heavy atom. The number of aryl methyl sites for hydroxylation is 1. The van der Waals surface area contributed by atoms with Crippen molar-refractivity contribution in [2.75, 3.05) is 6.54 Å². The number of hydrogen-bond acceptors (Lipinski definition) is 2. The molecule has 0 spiro atoms. The molecule has 0 amide bonds. The molecular weight excluding hydrogens is 246 g/mol. The van der Waals surface area contributed by atoms with E-state index in [0.717, 1.165) is 35.8 Å². The molecule has 0 atom stereocenters. The van der Waals surface area contributed by atoms with Crippen molar-refractivity contribution in [3.05, 3.63) is 29.0 Å². The zero-order chi connectivity index (χ0) is 13.1. The van der Waals surface area contributed by atoms with Crippen LogP contribution in [0, 0.1) is 5.92 Å². The summed E-state index contributed by atoms with van der Waals surface area (Å²) in [5.41, 5.74) is 7.74. The van der Waals surface area contributed by atoms with Crippen molar-refractivity contribution in [3.8, 4) is 0 Å². The summed E-state index contributed by atoms with van der Waals surface area (Å²) < 4.78 is 2.30. The Hall–Kier alpha value is -1.06.